The summed E-state index contributed by atoms with van der Waals surface area (Å²) in [6.07, 6.45) is 1.61. The van der Waals surface area contributed by atoms with Gasteiger partial charge in [0.2, 0.25) is 5.55 Å². The quantitative estimate of drug-likeness (QED) is 0.544. The first-order valence-electron chi connectivity index (χ1n) is 8.29. The third-order valence-corrected chi connectivity index (χ3v) is 4.63. The molecule has 4 rings (SSSR count). The molecule has 2 N–H and O–H groups in total. The van der Waals surface area contributed by atoms with Crippen LogP contribution in [0, 0.1) is 0 Å². The monoisotopic (exact) mass is 393 g/mol. The van der Waals surface area contributed by atoms with Crippen LogP contribution < -0.4 is 15.6 Å². The van der Waals surface area contributed by atoms with Crippen LogP contribution in [0.1, 0.15) is 10.4 Å². The number of amides is 1. The van der Waals surface area contributed by atoms with Gasteiger partial charge >= 0.3 is 0 Å². The number of nitrogens with one attached hydrogen (secondary N) is 1. The van der Waals surface area contributed by atoms with Crippen LogP contribution in [0.2, 0.25) is 0 Å². The lowest BCUT2D eigenvalue weighted by Crippen LogP contribution is -2.21. The predicted molar refractivity (Wildman–Crippen MR) is 106 cm³/mol. The fraction of sp³-hybridized carbons (Fsp3) is 0.0500. The second-order valence-electron chi connectivity index (χ2n) is 5.76. The molecular formula is C20H15N3O4S. The number of phenols is 1. The van der Waals surface area contributed by atoms with E-state index in [1.54, 1.807) is 43.0 Å². The second-order valence-corrected chi connectivity index (χ2v) is 6.66. The van der Waals surface area contributed by atoms with Gasteiger partial charge in [0.15, 0.2) is 5.13 Å². The molecule has 7 nitrogen and oxygen atoms in total. The number of hydrogen-bond donors (Lipinski definition) is 2. The number of rotatable bonds is 4. The van der Waals surface area contributed by atoms with E-state index in [9.17, 15) is 9.90 Å². The SMILES string of the molecule is COc1ccccc1N=c1oc2cc(O)ccc2cc1C(=O)Nc1nccs1. The molecule has 2 heterocycles. The number of methoxy groups -OCH3 is 1. The first kappa shape index (κ1) is 17.7. The zero-order valence-electron chi connectivity index (χ0n) is 14.7. The van der Waals surface area contributed by atoms with Gasteiger partial charge in [-0.2, -0.15) is 0 Å². The fourth-order valence-corrected chi connectivity index (χ4v) is 3.16. The zero-order chi connectivity index (χ0) is 19.5. The summed E-state index contributed by atoms with van der Waals surface area (Å²) < 4.78 is 11.2. The van der Waals surface area contributed by atoms with Gasteiger partial charge in [-0.1, -0.05) is 12.1 Å². The maximum Gasteiger partial charge on any atom is 0.262 e. The number of fused-ring (bicyclic) bond motifs is 1. The van der Waals surface area contributed by atoms with Gasteiger partial charge in [0.25, 0.3) is 5.91 Å². The molecule has 0 saturated carbocycles. The predicted octanol–water partition coefficient (Wildman–Crippen LogP) is 4.09. The fourth-order valence-electron chi connectivity index (χ4n) is 2.63. The number of para-hydroxylation sites is 2. The number of carbonyl (C=O) groups is 1. The summed E-state index contributed by atoms with van der Waals surface area (Å²) in [6, 6.07) is 13.5. The van der Waals surface area contributed by atoms with Crippen LogP contribution in [0.5, 0.6) is 11.5 Å². The van der Waals surface area contributed by atoms with E-state index in [1.807, 2.05) is 12.1 Å². The molecule has 4 aromatic rings. The van der Waals surface area contributed by atoms with Crippen molar-refractivity contribution in [1.29, 1.82) is 0 Å². The first-order chi connectivity index (χ1) is 13.6. The standard InChI is InChI=1S/C20H15N3O4S/c1-26-16-5-3-2-4-15(16)22-19-14(18(25)23-20-21-8-9-28-20)10-12-6-7-13(24)11-17(12)27-19/h2-11,24H,1H3,(H,21,23,25). The minimum Gasteiger partial charge on any atom is -0.508 e. The van der Waals surface area contributed by atoms with Gasteiger partial charge in [0, 0.05) is 23.0 Å². The van der Waals surface area contributed by atoms with Crippen molar-refractivity contribution in [3.05, 3.63) is 71.2 Å². The topological polar surface area (TPSA) is 97.0 Å². The van der Waals surface area contributed by atoms with Gasteiger partial charge in [-0.15, -0.1) is 11.3 Å². The summed E-state index contributed by atoms with van der Waals surface area (Å²) in [4.78, 5) is 21.4. The molecule has 0 aliphatic carbocycles. The summed E-state index contributed by atoms with van der Waals surface area (Å²) in [6.45, 7) is 0. The van der Waals surface area contributed by atoms with Crippen molar-refractivity contribution in [1.82, 2.24) is 4.98 Å². The average Bonchev–Trinajstić information content (AvgIpc) is 3.20. The van der Waals surface area contributed by atoms with E-state index < -0.39 is 5.91 Å². The Bertz CT molecular complexity index is 1220. The lowest BCUT2D eigenvalue weighted by molar-refractivity contribution is 0.102. The molecule has 0 unspecified atom stereocenters. The number of phenolic OH excluding ortho intramolecular Hbond substituents is 1. The zero-order valence-corrected chi connectivity index (χ0v) is 15.6. The number of nitrogens with zero attached hydrogens (tertiary/aromatic N) is 2. The lowest BCUT2D eigenvalue weighted by Gasteiger charge is -2.07. The molecule has 1 amide bonds. The third kappa shape index (κ3) is 3.58. The van der Waals surface area contributed by atoms with Crippen LogP contribution in [0.4, 0.5) is 10.8 Å². The molecule has 8 heteroatoms. The number of aromatic nitrogens is 1. The van der Waals surface area contributed by atoms with E-state index in [0.717, 1.165) is 0 Å². The van der Waals surface area contributed by atoms with Crippen LogP contribution in [0.3, 0.4) is 0 Å². The molecule has 2 aromatic heterocycles. The number of benzene rings is 2. The smallest absolute Gasteiger partial charge is 0.262 e. The minimum absolute atomic E-state index is 0.0551. The second kappa shape index (κ2) is 7.53. The number of hydrogen-bond acceptors (Lipinski definition) is 7. The summed E-state index contributed by atoms with van der Waals surface area (Å²) in [5.74, 6) is 0.196. The number of aromatic hydroxyl groups is 1. The maximum absolute atomic E-state index is 12.8. The van der Waals surface area contributed by atoms with E-state index in [-0.39, 0.29) is 16.9 Å². The Labute approximate surface area is 163 Å². The van der Waals surface area contributed by atoms with Crippen molar-refractivity contribution in [2.24, 2.45) is 4.99 Å². The highest BCUT2D eigenvalue weighted by atomic mass is 32.1. The van der Waals surface area contributed by atoms with Crippen LogP contribution in [0.25, 0.3) is 11.0 Å². The van der Waals surface area contributed by atoms with E-state index in [1.165, 1.54) is 23.5 Å². The minimum atomic E-state index is -0.401. The van der Waals surface area contributed by atoms with Gasteiger partial charge in [-0.25, -0.2) is 9.98 Å². The van der Waals surface area contributed by atoms with Crippen molar-refractivity contribution in [2.45, 2.75) is 0 Å². The number of ether oxygens (including phenoxy) is 1. The number of anilines is 1. The molecule has 0 aliphatic rings. The number of thiazole rings is 1. The Balaban J connectivity index is 1.91. The molecular weight excluding hydrogens is 378 g/mol. The van der Waals surface area contributed by atoms with Crippen molar-refractivity contribution in [3.63, 3.8) is 0 Å². The van der Waals surface area contributed by atoms with E-state index >= 15 is 0 Å². The normalized spacial score (nSPS) is 11.5. The maximum atomic E-state index is 12.8. The average molecular weight is 393 g/mol. The van der Waals surface area contributed by atoms with Gasteiger partial charge in [0.05, 0.1) is 7.11 Å². The molecule has 2 aromatic carbocycles. The van der Waals surface area contributed by atoms with Crippen LogP contribution in [0.15, 0.2) is 69.5 Å². The number of carbonyl (C=O) groups excluding carboxylic acids is 1. The molecule has 0 fully saturated rings. The lowest BCUT2D eigenvalue weighted by atomic mass is 10.1. The van der Waals surface area contributed by atoms with Gasteiger partial charge in [0.1, 0.15) is 28.3 Å². The molecule has 0 bridgehead atoms. The van der Waals surface area contributed by atoms with Gasteiger partial charge in [-0.3, -0.25) is 10.1 Å². The van der Waals surface area contributed by atoms with Crippen LogP contribution >= 0.6 is 11.3 Å². The summed E-state index contributed by atoms with van der Waals surface area (Å²) in [5, 5.41) is 15.4. The van der Waals surface area contributed by atoms with E-state index in [0.29, 0.717) is 27.5 Å². The molecule has 140 valence electrons. The summed E-state index contributed by atoms with van der Waals surface area (Å²) in [5.41, 5.74) is 1.24. The molecule has 0 spiro atoms. The van der Waals surface area contributed by atoms with Crippen LogP contribution in [-0.4, -0.2) is 23.1 Å². The van der Waals surface area contributed by atoms with Crippen molar-refractivity contribution in [3.8, 4) is 11.5 Å². The largest absolute Gasteiger partial charge is 0.508 e. The Hall–Kier alpha value is -3.65. The molecule has 0 atom stereocenters. The molecule has 0 saturated heterocycles. The van der Waals surface area contributed by atoms with E-state index in [2.05, 4.69) is 15.3 Å². The molecule has 28 heavy (non-hydrogen) atoms. The summed E-state index contributed by atoms with van der Waals surface area (Å²) >= 11 is 1.31. The van der Waals surface area contributed by atoms with Gasteiger partial charge < -0.3 is 14.3 Å². The van der Waals surface area contributed by atoms with Crippen molar-refractivity contribution >= 4 is 39.0 Å². The molecule has 0 aliphatic heterocycles. The first-order valence-corrected chi connectivity index (χ1v) is 9.17. The third-order valence-electron chi connectivity index (χ3n) is 3.94. The highest BCUT2D eigenvalue weighted by molar-refractivity contribution is 7.13. The highest BCUT2D eigenvalue weighted by Crippen LogP contribution is 2.26. The summed E-state index contributed by atoms with van der Waals surface area (Å²) in [7, 11) is 1.54. The van der Waals surface area contributed by atoms with Gasteiger partial charge in [-0.05, 0) is 30.3 Å². The Morgan fingerprint density at radius 2 is 2.11 bits per heavy atom. The Morgan fingerprint density at radius 1 is 1.25 bits per heavy atom. The molecule has 0 radical (unpaired) electrons. The Morgan fingerprint density at radius 3 is 2.89 bits per heavy atom. The highest BCUT2D eigenvalue weighted by Gasteiger charge is 2.15. The van der Waals surface area contributed by atoms with Crippen LogP contribution in [-0.2, 0) is 0 Å². The van der Waals surface area contributed by atoms with Crippen molar-refractivity contribution < 1.29 is 19.1 Å². The van der Waals surface area contributed by atoms with E-state index in [4.69, 9.17) is 9.15 Å². The Kier molecular flexibility index (Phi) is 4.77. The van der Waals surface area contributed by atoms with Crippen molar-refractivity contribution in [2.75, 3.05) is 12.4 Å².